The maximum atomic E-state index is 5.17. The number of nitrogens with one attached hydrogen (secondary N) is 1. The zero-order valence-corrected chi connectivity index (χ0v) is 5.11. The molecule has 0 amide bonds. The summed E-state index contributed by atoms with van der Waals surface area (Å²) in [6.45, 7) is 4.83. The number of nitrogens with two attached hydrogens (primary N) is 1. The van der Waals surface area contributed by atoms with Crippen LogP contribution in [0, 0.1) is 0 Å². The van der Waals surface area contributed by atoms with E-state index in [1.165, 1.54) is 0 Å². The van der Waals surface area contributed by atoms with Gasteiger partial charge in [0.25, 0.3) is 0 Å². The third-order valence-corrected chi connectivity index (χ3v) is 0.658. The van der Waals surface area contributed by atoms with Gasteiger partial charge in [-0.25, -0.2) is 0 Å². The summed E-state index contributed by atoms with van der Waals surface area (Å²) in [5, 5.41) is 2.80. The van der Waals surface area contributed by atoms with Gasteiger partial charge in [0, 0.05) is 13.7 Å². The second kappa shape index (κ2) is 4.46. The molecule has 0 atom stereocenters. The van der Waals surface area contributed by atoms with Crippen LogP contribution in [0.1, 0.15) is 0 Å². The zero-order chi connectivity index (χ0) is 6.41. The molecular weight excluding hydrogens is 104 g/mol. The molecule has 0 fully saturated rings. The molecule has 0 saturated heterocycles. The Kier molecular flexibility index (Phi) is 4.07. The molecule has 0 unspecified atom stereocenters. The van der Waals surface area contributed by atoms with Gasteiger partial charge in [0.1, 0.15) is 0 Å². The van der Waals surface area contributed by atoms with Crippen LogP contribution in [-0.4, -0.2) is 20.3 Å². The Bertz CT molecular complexity index is 72.8. The van der Waals surface area contributed by atoms with Crippen molar-refractivity contribution in [1.82, 2.24) is 5.32 Å². The summed E-state index contributed by atoms with van der Waals surface area (Å²) in [6, 6.07) is 0. The SMILES string of the molecule is C=C(N)NCCOC. The molecule has 3 N–H and O–H groups in total. The Morgan fingerprint density at radius 2 is 2.50 bits per heavy atom. The third-order valence-electron chi connectivity index (χ3n) is 0.658. The summed E-state index contributed by atoms with van der Waals surface area (Å²) in [5.41, 5.74) is 5.17. The fourth-order valence-corrected chi connectivity index (χ4v) is 0.314. The quantitative estimate of drug-likeness (QED) is 0.494. The van der Waals surface area contributed by atoms with Crippen LogP contribution in [0.2, 0.25) is 0 Å². The zero-order valence-electron chi connectivity index (χ0n) is 5.11. The lowest BCUT2D eigenvalue weighted by atomic mass is 10.6. The van der Waals surface area contributed by atoms with Crippen LogP contribution in [0.25, 0.3) is 0 Å². The minimum atomic E-state index is 0.488. The van der Waals surface area contributed by atoms with E-state index >= 15 is 0 Å². The molecule has 3 heteroatoms. The first-order valence-electron chi connectivity index (χ1n) is 2.44. The van der Waals surface area contributed by atoms with Gasteiger partial charge in [-0.2, -0.15) is 0 Å². The van der Waals surface area contributed by atoms with Gasteiger partial charge >= 0.3 is 0 Å². The molecule has 0 spiro atoms. The number of rotatable bonds is 4. The molecule has 0 rings (SSSR count). The fraction of sp³-hybridized carbons (Fsp3) is 0.600. The maximum Gasteiger partial charge on any atom is 0.0886 e. The van der Waals surface area contributed by atoms with Gasteiger partial charge in [0.2, 0.25) is 0 Å². The Labute approximate surface area is 49.5 Å². The van der Waals surface area contributed by atoms with Crippen LogP contribution in [0.15, 0.2) is 12.4 Å². The van der Waals surface area contributed by atoms with Gasteiger partial charge in [0.15, 0.2) is 0 Å². The van der Waals surface area contributed by atoms with Gasteiger partial charge in [-0.1, -0.05) is 6.58 Å². The number of ether oxygens (including phenoxy) is 1. The van der Waals surface area contributed by atoms with E-state index in [1.807, 2.05) is 0 Å². The van der Waals surface area contributed by atoms with E-state index < -0.39 is 0 Å². The lowest BCUT2D eigenvalue weighted by Gasteiger charge is -2.01. The summed E-state index contributed by atoms with van der Waals surface area (Å²) in [7, 11) is 1.64. The van der Waals surface area contributed by atoms with Gasteiger partial charge in [0.05, 0.1) is 12.4 Å². The van der Waals surface area contributed by atoms with Gasteiger partial charge in [-0.3, -0.25) is 0 Å². The van der Waals surface area contributed by atoms with Crippen LogP contribution < -0.4 is 11.1 Å². The first kappa shape index (κ1) is 7.30. The average Bonchev–Trinajstić information content (AvgIpc) is 1.66. The van der Waals surface area contributed by atoms with Crippen molar-refractivity contribution in [2.75, 3.05) is 20.3 Å². The van der Waals surface area contributed by atoms with Crippen molar-refractivity contribution in [3.8, 4) is 0 Å². The summed E-state index contributed by atoms with van der Waals surface area (Å²) in [5.74, 6) is 0.488. The Hall–Kier alpha value is -0.700. The van der Waals surface area contributed by atoms with E-state index in [9.17, 15) is 0 Å². The highest BCUT2D eigenvalue weighted by atomic mass is 16.5. The summed E-state index contributed by atoms with van der Waals surface area (Å²) < 4.78 is 4.73. The molecule has 0 aromatic carbocycles. The fourth-order valence-electron chi connectivity index (χ4n) is 0.314. The van der Waals surface area contributed by atoms with Crippen molar-refractivity contribution in [2.24, 2.45) is 5.73 Å². The van der Waals surface area contributed by atoms with E-state index in [2.05, 4.69) is 11.9 Å². The topological polar surface area (TPSA) is 47.3 Å². The molecule has 0 radical (unpaired) electrons. The third kappa shape index (κ3) is 5.30. The first-order valence-corrected chi connectivity index (χ1v) is 2.44. The average molecular weight is 116 g/mol. The maximum absolute atomic E-state index is 5.17. The summed E-state index contributed by atoms with van der Waals surface area (Å²) in [6.07, 6.45) is 0. The van der Waals surface area contributed by atoms with E-state index in [4.69, 9.17) is 10.5 Å². The molecule has 0 saturated carbocycles. The van der Waals surface area contributed by atoms with E-state index in [0.717, 1.165) is 6.54 Å². The van der Waals surface area contributed by atoms with Crippen molar-refractivity contribution in [1.29, 1.82) is 0 Å². The minimum absolute atomic E-state index is 0.488. The van der Waals surface area contributed by atoms with Crippen LogP contribution in [-0.2, 0) is 4.74 Å². The number of hydrogen-bond donors (Lipinski definition) is 2. The Morgan fingerprint density at radius 3 is 2.88 bits per heavy atom. The normalized spacial score (nSPS) is 8.62. The molecule has 3 nitrogen and oxygen atoms in total. The smallest absolute Gasteiger partial charge is 0.0886 e. The monoisotopic (exact) mass is 116 g/mol. The number of hydrogen-bond acceptors (Lipinski definition) is 3. The van der Waals surface area contributed by atoms with Crippen molar-refractivity contribution in [2.45, 2.75) is 0 Å². The van der Waals surface area contributed by atoms with Crippen molar-refractivity contribution in [3.63, 3.8) is 0 Å². The standard InChI is InChI=1S/C5H12N2O/c1-5(6)7-3-4-8-2/h7H,1,3-4,6H2,2H3. The second-order valence-corrected chi connectivity index (χ2v) is 1.44. The molecule has 0 aromatic rings. The van der Waals surface area contributed by atoms with Crippen LogP contribution in [0.4, 0.5) is 0 Å². The van der Waals surface area contributed by atoms with Crippen LogP contribution in [0.3, 0.4) is 0 Å². The van der Waals surface area contributed by atoms with E-state index in [0.29, 0.717) is 12.4 Å². The molecule has 0 aromatic heterocycles. The summed E-state index contributed by atoms with van der Waals surface area (Å²) >= 11 is 0. The highest BCUT2D eigenvalue weighted by Crippen LogP contribution is 1.67. The molecule has 0 aliphatic heterocycles. The Morgan fingerprint density at radius 1 is 1.88 bits per heavy atom. The van der Waals surface area contributed by atoms with Crippen LogP contribution >= 0.6 is 0 Å². The lowest BCUT2D eigenvalue weighted by Crippen LogP contribution is -2.22. The molecule has 48 valence electrons. The van der Waals surface area contributed by atoms with Crippen LogP contribution in [0.5, 0.6) is 0 Å². The van der Waals surface area contributed by atoms with Gasteiger partial charge in [-0.15, -0.1) is 0 Å². The highest BCUT2D eigenvalue weighted by Gasteiger charge is 1.80. The van der Waals surface area contributed by atoms with E-state index in [1.54, 1.807) is 7.11 Å². The number of methoxy groups -OCH3 is 1. The van der Waals surface area contributed by atoms with E-state index in [-0.39, 0.29) is 0 Å². The van der Waals surface area contributed by atoms with Gasteiger partial charge in [-0.05, 0) is 0 Å². The molecule has 0 aliphatic carbocycles. The summed E-state index contributed by atoms with van der Waals surface area (Å²) in [4.78, 5) is 0. The predicted molar refractivity (Wildman–Crippen MR) is 33.2 cm³/mol. The van der Waals surface area contributed by atoms with Crippen molar-refractivity contribution in [3.05, 3.63) is 12.4 Å². The second-order valence-electron chi connectivity index (χ2n) is 1.44. The molecule has 0 heterocycles. The molecule has 0 aliphatic rings. The molecular formula is C5H12N2O. The molecule has 0 bridgehead atoms. The molecule has 8 heavy (non-hydrogen) atoms. The highest BCUT2D eigenvalue weighted by molar-refractivity contribution is 4.81. The van der Waals surface area contributed by atoms with Gasteiger partial charge < -0.3 is 15.8 Å². The minimum Gasteiger partial charge on any atom is -0.386 e. The predicted octanol–water partition coefficient (Wildman–Crippen LogP) is -0.348. The van der Waals surface area contributed by atoms with Crippen molar-refractivity contribution < 1.29 is 4.74 Å². The van der Waals surface area contributed by atoms with Crippen molar-refractivity contribution >= 4 is 0 Å². The lowest BCUT2D eigenvalue weighted by molar-refractivity contribution is 0.202. The largest absolute Gasteiger partial charge is 0.386 e. The first-order chi connectivity index (χ1) is 3.77. The Balaban J connectivity index is 2.82.